The summed E-state index contributed by atoms with van der Waals surface area (Å²) in [6, 6.07) is 0. The molecule has 0 aromatic heterocycles. The Kier molecular flexibility index (Phi) is 8.64. The van der Waals surface area contributed by atoms with Crippen LogP contribution in [0.3, 0.4) is 0 Å². The van der Waals surface area contributed by atoms with Crippen LogP contribution in [-0.2, 0) is 9.63 Å². The van der Waals surface area contributed by atoms with Gasteiger partial charge < -0.3 is 9.94 Å². The molecule has 0 radical (unpaired) electrons. The van der Waals surface area contributed by atoms with Crippen LogP contribution in [0.15, 0.2) is 28.1 Å². The Bertz CT molecular complexity index is 474. The van der Waals surface area contributed by atoms with Gasteiger partial charge in [-0.2, -0.15) is 11.8 Å². The molecule has 0 aromatic carbocycles. The summed E-state index contributed by atoms with van der Waals surface area (Å²) in [6.45, 7) is 6.20. The number of allylic oxidation sites excluding steroid dienone is 2. The third-order valence-corrected chi connectivity index (χ3v) is 4.74. The van der Waals surface area contributed by atoms with E-state index in [4.69, 9.17) is 16.4 Å². The van der Waals surface area contributed by atoms with Crippen LogP contribution in [-0.4, -0.2) is 34.2 Å². The number of oxime groups is 1. The maximum atomic E-state index is 12.3. The van der Waals surface area contributed by atoms with Gasteiger partial charge in [-0.1, -0.05) is 30.6 Å². The zero-order valence-electron chi connectivity index (χ0n) is 13.3. The van der Waals surface area contributed by atoms with E-state index in [1.54, 1.807) is 13.0 Å². The molecular weight excluding hydrogens is 322 g/mol. The van der Waals surface area contributed by atoms with Gasteiger partial charge in [0.05, 0.1) is 11.3 Å². The van der Waals surface area contributed by atoms with E-state index >= 15 is 0 Å². The first-order valence-corrected chi connectivity index (χ1v) is 8.97. The van der Waals surface area contributed by atoms with E-state index in [0.717, 1.165) is 12.2 Å². The van der Waals surface area contributed by atoms with Crippen LogP contribution in [0.4, 0.5) is 0 Å². The third-order valence-electron chi connectivity index (χ3n) is 3.46. The topological polar surface area (TPSA) is 58.9 Å². The van der Waals surface area contributed by atoms with Crippen LogP contribution >= 0.6 is 23.4 Å². The molecule has 124 valence electrons. The van der Waals surface area contributed by atoms with Gasteiger partial charge in [-0.3, -0.25) is 4.79 Å². The predicted octanol–water partition coefficient (Wildman–Crippen LogP) is 4.45. The van der Waals surface area contributed by atoms with Crippen LogP contribution in [0.25, 0.3) is 0 Å². The van der Waals surface area contributed by atoms with Crippen LogP contribution in [0.2, 0.25) is 0 Å². The summed E-state index contributed by atoms with van der Waals surface area (Å²) in [6.07, 6.45) is 3.53. The fourth-order valence-corrected chi connectivity index (χ4v) is 3.68. The lowest BCUT2D eigenvalue weighted by Gasteiger charge is -2.25. The van der Waals surface area contributed by atoms with Crippen molar-refractivity contribution in [1.29, 1.82) is 0 Å². The summed E-state index contributed by atoms with van der Waals surface area (Å²) in [4.78, 5) is 17.3. The Balaban J connectivity index is 2.70. The van der Waals surface area contributed by atoms with E-state index in [1.165, 1.54) is 5.54 Å². The van der Waals surface area contributed by atoms with Crippen molar-refractivity contribution in [3.63, 3.8) is 0 Å². The second kappa shape index (κ2) is 9.95. The number of aliphatic hydroxyl groups excluding tert-OH is 1. The second-order valence-corrected chi connectivity index (χ2v) is 7.32. The fourth-order valence-electron chi connectivity index (χ4n) is 2.63. The van der Waals surface area contributed by atoms with Crippen LogP contribution < -0.4 is 0 Å². The molecule has 0 saturated heterocycles. The van der Waals surface area contributed by atoms with Gasteiger partial charge in [0.15, 0.2) is 5.78 Å². The number of aliphatic hydroxyl groups is 1. The molecule has 0 unspecified atom stereocenters. The first kappa shape index (κ1) is 19.1. The standard InChI is InChI=1S/C16H24ClNO3S/c1-4-22-11(2)8-13-9-14(19)16(15(20)10-13)12(3)18-21-7-5-6-17/h5-6,11,13,19H,4,7-10H2,1-3H3/b6-5+,18-12-/t11-,13+/m1/s1. The minimum Gasteiger partial charge on any atom is -0.511 e. The van der Waals surface area contributed by atoms with Gasteiger partial charge in [-0.25, -0.2) is 0 Å². The van der Waals surface area contributed by atoms with Crippen molar-refractivity contribution in [2.45, 2.75) is 45.3 Å². The Morgan fingerprint density at radius 2 is 2.32 bits per heavy atom. The van der Waals surface area contributed by atoms with Gasteiger partial charge in [0.1, 0.15) is 12.4 Å². The molecule has 1 N–H and O–H groups in total. The zero-order chi connectivity index (χ0) is 16.5. The van der Waals surface area contributed by atoms with E-state index in [9.17, 15) is 9.90 Å². The summed E-state index contributed by atoms with van der Waals surface area (Å²) in [5.41, 5.74) is 2.06. The van der Waals surface area contributed by atoms with Crippen molar-refractivity contribution >= 4 is 34.9 Å². The largest absolute Gasteiger partial charge is 0.511 e. The minimum atomic E-state index is -0.0554. The van der Waals surface area contributed by atoms with Gasteiger partial charge in [-0.05, 0) is 31.1 Å². The Hall–Kier alpha value is -0.940. The van der Waals surface area contributed by atoms with Gasteiger partial charge in [0.2, 0.25) is 0 Å². The molecule has 0 amide bonds. The Labute approximate surface area is 141 Å². The average Bonchev–Trinajstić information content (AvgIpc) is 2.43. The van der Waals surface area contributed by atoms with Crippen molar-refractivity contribution in [3.05, 3.63) is 22.9 Å². The van der Waals surface area contributed by atoms with E-state index in [1.807, 2.05) is 11.8 Å². The predicted molar refractivity (Wildman–Crippen MR) is 93.7 cm³/mol. The van der Waals surface area contributed by atoms with Gasteiger partial charge in [0, 0.05) is 23.6 Å². The smallest absolute Gasteiger partial charge is 0.168 e. The molecule has 22 heavy (non-hydrogen) atoms. The summed E-state index contributed by atoms with van der Waals surface area (Å²) >= 11 is 7.26. The van der Waals surface area contributed by atoms with Crippen molar-refractivity contribution in [2.24, 2.45) is 11.1 Å². The highest BCUT2D eigenvalue weighted by atomic mass is 35.5. The monoisotopic (exact) mass is 345 g/mol. The summed E-state index contributed by atoms with van der Waals surface area (Å²) in [5.74, 6) is 1.35. The molecule has 0 fully saturated rings. The Morgan fingerprint density at radius 1 is 1.59 bits per heavy atom. The molecule has 0 aromatic rings. The molecule has 4 nitrogen and oxygen atoms in total. The highest BCUT2D eigenvalue weighted by Crippen LogP contribution is 2.32. The Morgan fingerprint density at radius 3 is 2.91 bits per heavy atom. The maximum absolute atomic E-state index is 12.3. The summed E-state index contributed by atoms with van der Waals surface area (Å²) in [5, 5.41) is 14.6. The summed E-state index contributed by atoms with van der Waals surface area (Å²) < 4.78 is 0. The number of hydrogen-bond acceptors (Lipinski definition) is 5. The molecule has 1 aliphatic rings. The zero-order valence-corrected chi connectivity index (χ0v) is 14.9. The molecule has 0 saturated carbocycles. The van der Waals surface area contributed by atoms with Crippen LogP contribution in [0, 0.1) is 5.92 Å². The SMILES string of the molecule is CCS[C@H](C)C[C@@H]1CC(=O)C(/C(C)=N\OC/C=C/Cl)=C(O)C1. The number of halogens is 1. The second-order valence-electron chi connectivity index (χ2n) is 5.35. The number of rotatable bonds is 8. The van der Waals surface area contributed by atoms with E-state index < -0.39 is 0 Å². The highest BCUT2D eigenvalue weighted by molar-refractivity contribution is 7.99. The minimum absolute atomic E-state index is 0.0554. The van der Waals surface area contributed by atoms with Crippen molar-refractivity contribution in [2.75, 3.05) is 12.4 Å². The molecule has 2 atom stereocenters. The van der Waals surface area contributed by atoms with Crippen molar-refractivity contribution in [1.82, 2.24) is 0 Å². The average molecular weight is 346 g/mol. The number of nitrogens with zero attached hydrogens (tertiary/aromatic N) is 1. The van der Waals surface area contributed by atoms with E-state index in [-0.39, 0.29) is 24.1 Å². The van der Waals surface area contributed by atoms with E-state index in [2.05, 4.69) is 19.0 Å². The number of Topliss-reactive ketones (excluding diaryl/α,β-unsaturated/α-hetero) is 1. The first-order valence-electron chi connectivity index (χ1n) is 7.48. The van der Waals surface area contributed by atoms with Crippen LogP contribution in [0.1, 0.15) is 40.0 Å². The molecule has 0 aliphatic heterocycles. The van der Waals surface area contributed by atoms with E-state index in [0.29, 0.717) is 29.4 Å². The molecule has 6 heteroatoms. The molecular formula is C16H24ClNO3S. The number of hydrogen-bond donors (Lipinski definition) is 1. The lowest BCUT2D eigenvalue weighted by Crippen LogP contribution is -2.25. The van der Waals surface area contributed by atoms with Crippen LogP contribution in [0.5, 0.6) is 0 Å². The molecule has 0 bridgehead atoms. The molecule has 0 heterocycles. The van der Waals surface area contributed by atoms with Crippen molar-refractivity contribution in [3.8, 4) is 0 Å². The normalized spacial score (nSPS) is 21.5. The molecule has 0 spiro atoms. The van der Waals surface area contributed by atoms with Gasteiger partial charge >= 0.3 is 0 Å². The maximum Gasteiger partial charge on any atom is 0.168 e. The third kappa shape index (κ3) is 6.05. The fraction of sp³-hybridized carbons (Fsp3) is 0.625. The lowest BCUT2D eigenvalue weighted by molar-refractivity contribution is -0.116. The number of carbonyl (C=O) groups excluding carboxylic acids is 1. The number of ketones is 1. The highest BCUT2D eigenvalue weighted by Gasteiger charge is 2.30. The first-order chi connectivity index (χ1) is 10.5. The lowest BCUT2D eigenvalue weighted by atomic mass is 9.83. The molecule has 1 aliphatic carbocycles. The summed E-state index contributed by atoms with van der Waals surface area (Å²) in [7, 11) is 0. The number of thioether (sulfide) groups is 1. The van der Waals surface area contributed by atoms with Gasteiger partial charge in [0.25, 0.3) is 0 Å². The van der Waals surface area contributed by atoms with Crippen molar-refractivity contribution < 1.29 is 14.7 Å². The number of carbonyl (C=O) groups is 1. The molecule has 1 rings (SSSR count). The quantitative estimate of drug-likeness (QED) is 0.401. The van der Waals surface area contributed by atoms with Gasteiger partial charge in [-0.15, -0.1) is 0 Å².